The van der Waals surface area contributed by atoms with Gasteiger partial charge in [0.1, 0.15) is 5.75 Å². The first-order valence-electron chi connectivity index (χ1n) is 8.13. The van der Waals surface area contributed by atoms with E-state index in [1.54, 1.807) is 24.3 Å². The number of rotatable bonds is 6. The second kappa shape index (κ2) is 7.20. The molecule has 1 amide bonds. The van der Waals surface area contributed by atoms with Gasteiger partial charge in [0.25, 0.3) is 15.9 Å². The maximum absolute atomic E-state index is 12.4. The van der Waals surface area contributed by atoms with Crippen molar-refractivity contribution in [2.75, 3.05) is 12.4 Å². The molecule has 0 aliphatic carbocycles. The van der Waals surface area contributed by atoms with E-state index >= 15 is 0 Å². The van der Waals surface area contributed by atoms with Gasteiger partial charge in [-0.1, -0.05) is 12.1 Å². The van der Waals surface area contributed by atoms with E-state index in [1.807, 2.05) is 11.6 Å². The molecule has 3 rings (SSSR count). The highest BCUT2D eigenvalue weighted by Crippen LogP contribution is 2.30. The van der Waals surface area contributed by atoms with Crippen molar-refractivity contribution >= 4 is 31.8 Å². The number of hydrogen-bond acceptors (Lipinski definition) is 6. The van der Waals surface area contributed by atoms with Gasteiger partial charge in [-0.05, 0) is 37.1 Å². The minimum atomic E-state index is -4.20. The van der Waals surface area contributed by atoms with E-state index in [4.69, 9.17) is 4.74 Å². The molecule has 0 radical (unpaired) electrons. The molecule has 0 bridgehead atoms. The number of ether oxygens (including phenoxy) is 1. The summed E-state index contributed by atoms with van der Waals surface area (Å²) in [7, 11) is -7.66. The van der Waals surface area contributed by atoms with Crippen LogP contribution in [0.15, 0.2) is 46.5 Å². The number of benzene rings is 1. The van der Waals surface area contributed by atoms with Crippen LogP contribution in [-0.4, -0.2) is 40.1 Å². The zero-order valence-corrected chi connectivity index (χ0v) is 16.1. The van der Waals surface area contributed by atoms with Gasteiger partial charge in [-0.2, -0.15) is 8.42 Å². The predicted molar refractivity (Wildman–Crippen MR) is 98.5 cm³/mol. The zero-order valence-electron chi connectivity index (χ0n) is 14.4. The molecule has 144 valence electrons. The van der Waals surface area contributed by atoms with Crippen LogP contribution in [0.2, 0.25) is 0 Å². The molecule has 0 unspecified atom stereocenters. The Morgan fingerprint density at radius 2 is 2.00 bits per heavy atom. The van der Waals surface area contributed by atoms with Crippen LogP contribution in [0.5, 0.6) is 5.75 Å². The summed E-state index contributed by atoms with van der Waals surface area (Å²) in [4.78, 5) is 14.4. The lowest BCUT2D eigenvalue weighted by Gasteiger charge is -2.05. The molecule has 27 heavy (non-hydrogen) atoms. The number of carbonyl (C=O) groups excluding carboxylic acids is 1. The fourth-order valence-corrected chi connectivity index (χ4v) is 5.51. The molecule has 2 aromatic rings. The highest BCUT2D eigenvalue weighted by Gasteiger charge is 2.34. The monoisotopic (exact) mass is 410 g/mol. The second-order valence-corrected chi connectivity index (χ2v) is 9.53. The van der Waals surface area contributed by atoms with Crippen molar-refractivity contribution in [2.24, 2.45) is 0 Å². The Hall–Kier alpha value is -2.59. The summed E-state index contributed by atoms with van der Waals surface area (Å²) in [6.07, 6.45) is 3.79. The van der Waals surface area contributed by atoms with Gasteiger partial charge in [0.15, 0.2) is 14.9 Å². The number of H-pyrrole nitrogens is 1. The molecule has 2 N–H and O–H groups in total. The summed E-state index contributed by atoms with van der Waals surface area (Å²) in [5.41, 5.74) is 0.878. The second-order valence-electron chi connectivity index (χ2n) is 5.83. The Morgan fingerprint density at radius 1 is 1.30 bits per heavy atom. The van der Waals surface area contributed by atoms with Crippen LogP contribution < -0.4 is 9.46 Å². The third-order valence-corrected chi connectivity index (χ3v) is 7.13. The predicted octanol–water partition coefficient (Wildman–Crippen LogP) is 1.26. The molecule has 1 aromatic heterocycles. The molecule has 0 spiro atoms. The van der Waals surface area contributed by atoms with E-state index in [0.29, 0.717) is 17.9 Å². The Morgan fingerprint density at radius 3 is 2.67 bits per heavy atom. The minimum Gasteiger partial charge on any atom is -0.494 e. The van der Waals surface area contributed by atoms with Crippen molar-refractivity contribution in [3.8, 4) is 5.75 Å². The summed E-state index contributed by atoms with van der Waals surface area (Å²) in [6.45, 7) is 2.41. The summed E-state index contributed by atoms with van der Waals surface area (Å²) in [5, 5.41) is -0.290. The van der Waals surface area contributed by atoms with E-state index in [1.165, 1.54) is 6.08 Å². The van der Waals surface area contributed by atoms with Crippen LogP contribution in [0.4, 0.5) is 0 Å². The molecule has 0 saturated heterocycles. The van der Waals surface area contributed by atoms with Crippen molar-refractivity contribution in [1.29, 1.82) is 0 Å². The van der Waals surface area contributed by atoms with Gasteiger partial charge >= 0.3 is 0 Å². The number of sulfonamides is 1. The molecule has 10 heteroatoms. The molecule has 1 aromatic carbocycles. The van der Waals surface area contributed by atoms with Crippen LogP contribution in [0.1, 0.15) is 18.1 Å². The topological polar surface area (TPSA) is 122 Å². The van der Waals surface area contributed by atoms with Gasteiger partial charge in [0.2, 0.25) is 0 Å². The fourth-order valence-electron chi connectivity index (χ4n) is 2.75. The van der Waals surface area contributed by atoms with E-state index in [-0.39, 0.29) is 27.7 Å². The Bertz CT molecular complexity index is 1100. The third kappa shape index (κ3) is 4.06. The first kappa shape index (κ1) is 19.2. The van der Waals surface area contributed by atoms with E-state index in [0.717, 1.165) is 12.3 Å². The van der Waals surface area contributed by atoms with Crippen LogP contribution in [0, 0.1) is 0 Å². The number of hydrogen-bond donors (Lipinski definition) is 2. The summed E-state index contributed by atoms with van der Waals surface area (Å²) < 4.78 is 55.7. The molecule has 1 aliphatic rings. The number of carbonyl (C=O) groups is 1. The van der Waals surface area contributed by atoms with Crippen LogP contribution in [-0.2, 0) is 31.1 Å². The van der Waals surface area contributed by atoms with Crippen LogP contribution >= 0.6 is 0 Å². The number of aromatic amines is 1. The molecule has 0 saturated carbocycles. The van der Waals surface area contributed by atoms with Gasteiger partial charge in [-0.15, -0.1) is 0 Å². The Kier molecular flexibility index (Phi) is 5.11. The van der Waals surface area contributed by atoms with Gasteiger partial charge in [0, 0.05) is 17.8 Å². The normalized spacial score (nSPS) is 15.6. The van der Waals surface area contributed by atoms with Crippen molar-refractivity contribution < 1.29 is 26.4 Å². The van der Waals surface area contributed by atoms with Gasteiger partial charge < -0.3 is 9.72 Å². The highest BCUT2D eigenvalue weighted by molar-refractivity contribution is 7.92. The minimum absolute atomic E-state index is 0.0275. The molecular weight excluding hydrogens is 392 g/mol. The lowest BCUT2D eigenvalue weighted by Crippen LogP contribution is -2.29. The lowest BCUT2D eigenvalue weighted by atomic mass is 10.2. The smallest absolute Gasteiger partial charge is 0.280 e. The molecule has 8 nitrogen and oxygen atoms in total. The van der Waals surface area contributed by atoms with Crippen LogP contribution in [0.25, 0.3) is 6.08 Å². The average molecular weight is 410 g/mol. The molecule has 0 fully saturated rings. The SMILES string of the molecule is CCOc1ccc(/C=C/C(=O)NS(=O)(=O)c2[nH]cc3c2CCS3(=O)=O)cc1. The number of nitrogens with one attached hydrogen (secondary N) is 2. The molecule has 2 heterocycles. The first-order valence-corrected chi connectivity index (χ1v) is 11.3. The van der Waals surface area contributed by atoms with Gasteiger partial charge in [0.05, 0.1) is 17.3 Å². The Labute approximate surface area is 157 Å². The number of aromatic nitrogens is 1. The van der Waals surface area contributed by atoms with Crippen molar-refractivity contribution in [1.82, 2.24) is 9.71 Å². The number of sulfone groups is 1. The summed E-state index contributed by atoms with van der Waals surface area (Å²) in [6, 6.07) is 6.93. The van der Waals surface area contributed by atoms with E-state index in [2.05, 4.69) is 4.98 Å². The molecule has 1 aliphatic heterocycles. The third-order valence-electron chi connectivity index (χ3n) is 3.98. The highest BCUT2D eigenvalue weighted by atomic mass is 32.2. The summed E-state index contributed by atoms with van der Waals surface area (Å²) in [5.74, 6) is -0.286. The zero-order chi connectivity index (χ0) is 19.7. The standard InChI is InChI=1S/C17H18N2O6S2/c1-2-25-13-6-3-12(4-7-13)5-8-16(20)19-27(23,24)17-14-9-10-26(21,22)15(14)11-18-17/h3-8,11,18H,2,9-10H2,1H3,(H,19,20)/b8-5+. The van der Waals surface area contributed by atoms with Gasteiger partial charge in [-0.25, -0.2) is 13.1 Å². The van der Waals surface area contributed by atoms with Crippen LogP contribution in [0.3, 0.4) is 0 Å². The quantitative estimate of drug-likeness (QED) is 0.692. The van der Waals surface area contributed by atoms with E-state index in [9.17, 15) is 21.6 Å². The van der Waals surface area contributed by atoms with Crippen molar-refractivity contribution in [2.45, 2.75) is 23.3 Å². The number of amides is 1. The molecular formula is C17H18N2O6S2. The fraction of sp³-hybridized carbons (Fsp3) is 0.235. The molecule has 0 atom stereocenters. The lowest BCUT2D eigenvalue weighted by molar-refractivity contribution is -0.114. The van der Waals surface area contributed by atoms with Crippen molar-refractivity contribution in [3.05, 3.63) is 47.7 Å². The first-order chi connectivity index (χ1) is 12.7. The van der Waals surface area contributed by atoms with Gasteiger partial charge in [-0.3, -0.25) is 4.79 Å². The maximum Gasteiger partial charge on any atom is 0.280 e. The largest absolute Gasteiger partial charge is 0.494 e. The maximum atomic E-state index is 12.4. The number of fused-ring (bicyclic) bond motifs is 1. The van der Waals surface area contributed by atoms with Crippen molar-refractivity contribution in [3.63, 3.8) is 0 Å². The Balaban J connectivity index is 1.72. The van der Waals surface area contributed by atoms with E-state index < -0.39 is 25.8 Å². The average Bonchev–Trinajstić information content (AvgIpc) is 3.16. The summed E-state index contributed by atoms with van der Waals surface area (Å²) >= 11 is 0.